The lowest BCUT2D eigenvalue weighted by molar-refractivity contribution is 0.102. The molecule has 1 N–H and O–H groups in total. The van der Waals surface area contributed by atoms with Crippen LogP contribution in [-0.4, -0.2) is 17.1 Å². The molecule has 0 unspecified atom stereocenters. The van der Waals surface area contributed by atoms with Gasteiger partial charge in [-0.25, -0.2) is 4.98 Å². The third-order valence-electron chi connectivity index (χ3n) is 2.29. The molecule has 92 valence electrons. The fraction of sp³-hybridized carbons (Fsp3) is 0.0769. The molecule has 0 spiro atoms. The molecule has 1 heterocycles. The average molecular weight is 323 g/mol. The first kappa shape index (κ1) is 13.1. The number of anilines is 1. The molecular formula is C13H11BrN2OS. The van der Waals surface area contributed by atoms with E-state index in [2.05, 4.69) is 26.2 Å². The van der Waals surface area contributed by atoms with E-state index < -0.39 is 0 Å². The SMILES string of the molecule is CSc1ccc(NC(=O)c2cccc(Br)c2)cn1. The number of thioether (sulfide) groups is 1. The smallest absolute Gasteiger partial charge is 0.255 e. The highest BCUT2D eigenvalue weighted by Gasteiger charge is 2.06. The summed E-state index contributed by atoms with van der Waals surface area (Å²) in [7, 11) is 0. The molecule has 18 heavy (non-hydrogen) atoms. The molecule has 0 bridgehead atoms. The Balaban J connectivity index is 2.11. The molecule has 5 heteroatoms. The Bertz CT molecular complexity index is 557. The number of carbonyl (C=O) groups excluding carboxylic acids is 1. The van der Waals surface area contributed by atoms with Crippen LogP contribution in [0.5, 0.6) is 0 Å². The summed E-state index contributed by atoms with van der Waals surface area (Å²) in [5.74, 6) is -0.144. The monoisotopic (exact) mass is 322 g/mol. The van der Waals surface area contributed by atoms with E-state index in [0.717, 1.165) is 9.50 Å². The van der Waals surface area contributed by atoms with Gasteiger partial charge in [-0.05, 0) is 36.6 Å². The first-order valence-electron chi connectivity index (χ1n) is 5.26. The van der Waals surface area contributed by atoms with Gasteiger partial charge in [-0.3, -0.25) is 4.79 Å². The van der Waals surface area contributed by atoms with E-state index in [1.165, 1.54) is 0 Å². The molecule has 0 fully saturated rings. The number of nitrogens with one attached hydrogen (secondary N) is 1. The maximum atomic E-state index is 12.0. The number of pyridine rings is 1. The molecule has 3 nitrogen and oxygen atoms in total. The number of hydrogen-bond acceptors (Lipinski definition) is 3. The predicted octanol–water partition coefficient (Wildman–Crippen LogP) is 3.82. The molecule has 2 rings (SSSR count). The Morgan fingerprint density at radius 3 is 2.78 bits per heavy atom. The second kappa shape index (κ2) is 6.02. The Labute approximate surface area is 118 Å². The molecule has 0 aliphatic carbocycles. The number of hydrogen-bond donors (Lipinski definition) is 1. The molecule has 0 atom stereocenters. The van der Waals surface area contributed by atoms with Crippen LogP contribution in [0, 0.1) is 0 Å². The van der Waals surface area contributed by atoms with Crippen LogP contribution >= 0.6 is 27.7 Å². The zero-order valence-electron chi connectivity index (χ0n) is 9.68. The van der Waals surface area contributed by atoms with Crippen molar-refractivity contribution in [2.75, 3.05) is 11.6 Å². The number of rotatable bonds is 3. The van der Waals surface area contributed by atoms with Crippen molar-refractivity contribution in [2.24, 2.45) is 0 Å². The molecule has 0 aliphatic heterocycles. The van der Waals surface area contributed by atoms with Gasteiger partial charge in [0.2, 0.25) is 0 Å². The van der Waals surface area contributed by atoms with Crippen LogP contribution in [0.25, 0.3) is 0 Å². The lowest BCUT2D eigenvalue weighted by Crippen LogP contribution is -2.11. The van der Waals surface area contributed by atoms with Crippen LogP contribution in [0.15, 0.2) is 52.1 Å². The van der Waals surface area contributed by atoms with E-state index in [1.807, 2.05) is 30.5 Å². The lowest BCUT2D eigenvalue weighted by atomic mass is 10.2. The summed E-state index contributed by atoms with van der Waals surface area (Å²) in [5, 5.41) is 3.73. The Morgan fingerprint density at radius 1 is 1.33 bits per heavy atom. The molecule has 0 radical (unpaired) electrons. The largest absolute Gasteiger partial charge is 0.321 e. The Hall–Kier alpha value is -1.33. The fourth-order valence-corrected chi connectivity index (χ4v) is 2.17. The van der Waals surface area contributed by atoms with Crippen molar-refractivity contribution in [3.8, 4) is 0 Å². The van der Waals surface area contributed by atoms with Gasteiger partial charge in [0.15, 0.2) is 0 Å². The maximum absolute atomic E-state index is 12.0. The summed E-state index contributed by atoms with van der Waals surface area (Å²) < 4.78 is 0.881. The van der Waals surface area contributed by atoms with Crippen molar-refractivity contribution in [1.82, 2.24) is 4.98 Å². The van der Waals surface area contributed by atoms with E-state index in [4.69, 9.17) is 0 Å². The summed E-state index contributed by atoms with van der Waals surface area (Å²) in [5.41, 5.74) is 1.30. The van der Waals surface area contributed by atoms with Gasteiger partial charge in [-0.15, -0.1) is 11.8 Å². The highest BCUT2D eigenvalue weighted by Crippen LogP contribution is 2.16. The van der Waals surface area contributed by atoms with Crippen LogP contribution in [0.3, 0.4) is 0 Å². The third kappa shape index (κ3) is 3.34. The van der Waals surface area contributed by atoms with Crippen LogP contribution in [0.2, 0.25) is 0 Å². The fourth-order valence-electron chi connectivity index (χ4n) is 1.41. The van der Waals surface area contributed by atoms with Gasteiger partial charge in [0.1, 0.15) is 0 Å². The highest BCUT2D eigenvalue weighted by atomic mass is 79.9. The lowest BCUT2D eigenvalue weighted by Gasteiger charge is -2.05. The van der Waals surface area contributed by atoms with Crippen molar-refractivity contribution in [1.29, 1.82) is 0 Å². The van der Waals surface area contributed by atoms with Gasteiger partial charge in [-0.1, -0.05) is 22.0 Å². The molecule has 2 aromatic rings. The standard InChI is InChI=1S/C13H11BrN2OS/c1-18-12-6-5-11(8-15-12)16-13(17)9-3-2-4-10(14)7-9/h2-8H,1H3,(H,16,17). The van der Waals surface area contributed by atoms with Gasteiger partial charge in [0.25, 0.3) is 5.91 Å². The number of halogens is 1. The van der Waals surface area contributed by atoms with E-state index in [9.17, 15) is 4.79 Å². The van der Waals surface area contributed by atoms with Crippen LogP contribution < -0.4 is 5.32 Å². The molecule has 1 amide bonds. The van der Waals surface area contributed by atoms with Gasteiger partial charge in [-0.2, -0.15) is 0 Å². The van der Waals surface area contributed by atoms with E-state index in [-0.39, 0.29) is 5.91 Å². The average Bonchev–Trinajstić information content (AvgIpc) is 2.39. The Kier molecular flexibility index (Phi) is 4.38. The van der Waals surface area contributed by atoms with Crippen molar-refractivity contribution in [2.45, 2.75) is 5.03 Å². The molecule has 0 aliphatic rings. The quantitative estimate of drug-likeness (QED) is 0.873. The van der Waals surface area contributed by atoms with Crippen LogP contribution in [-0.2, 0) is 0 Å². The van der Waals surface area contributed by atoms with Crippen LogP contribution in [0.4, 0.5) is 5.69 Å². The minimum absolute atomic E-state index is 0.144. The summed E-state index contributed by atoms with van der Waals surface area (Å²) in [4.78, 5) is 16.2. The van der Waals surface area contributed by atoms with Gasteiger partial charge in [0.05, 0.1) is 16.9 Å². The molecule has 1 aromatic carbocycles. The van der Waals surface area contributed by atoms with Crippen molar-refractivity contribution >= 4 is 39.3 Å². The minimum Gasteiger partial charge on any atom is -0.321 e. The zero-order chi connectivity index (χ0) is 13.0. The van der Waals surface area contributed by atoms with Crippen molar-refractivity contribution < 1.29 is 4.79 Å². The summed E-state index contributed by atoms with van der Waals surface area (Å²) in [6, 6.07) is 11.0. The summed E-state index contributed by atoms with van der Waals surface area (Å²) >= 11 is 4.90. The number of aromatic nitrogens is 1. The second-order valence-electron chi connectivity index (χ2n) is 3.55. The van der Waals surface area contributed by atoms with Gasteiger partial charge in [0, 0.05) is 10.0 Å². The zero-order valence-corrected chi connectivity index (χ0v) is 12.1. The number of nitrogens with zero attached hydrogens (tertiary/aromatic N) is 1. The number of carbonyl (C=O) groups is 1. The summed E-state index contributed by atoms with van der Waals surface area (Å²) in [6.45, 7) is 0. The van der Waals surface area contributed by atoms with E-state index >= 15 is 0 Å². The second-order valence-corrected chi connectivity index (χ2v) is 5.30. The van der Waals surface area contributed by atoms with Crippen LogP contribution in [0.1, 0.15) is 10.4 Å². The third-order valence-corrected chi connectivity index (χ3v) is 3.44. The number of benzene rings is 1. The molecule has 0 saturated carbocycles. The minimum atomic E-state index is -0.144. The normalized spacial score (nSPS) is 10.1. The maximum Gasteiger partial charge on any atom is 0.255 e. The van der Waals surface area contributed by atoms with E-state index in [1.54, 1.807) is 30.1 Å². The highest BCUT2D eigenvalue weighted by molar-refractivity contribution is 9.10. The molecular weight excluding hydrogens is 312 g/mol. The van der Waals surface area contributed by atoms with Gasteiger partial charge < -0.3 is 5.32 Å². The van der Waals surface area contributed by atoms with E-state index in [0.29, 0.717) is 11.3 Å². The first-order chi connectivity index (χ1) is 8.69. The topological polar surface area (TPSA) is 42.0 Å². The first-order valence-corrected chi connectivity index (χ1v) is 7.28. The Morgan fingerprint density at radius 2 is 2.17 bits per heavy atom. The molecule has 1 aromatic heterocycles. The summed E-state index contributed by atoms with van der Waals surface area (Å²) in [6.07, 6.45) is 3.61. The van der Waals surface area contributed by atoms with Crippen molar-refractivity contribution in [3.05, 3.63) is 52.6 Å². The predicted molar refractivity (Wildman–Crippen MR) is 78.1 cm³/mol. The van der Waals surface area contributed by atoms with Crippen molar-refractivity contribution in [3.63, 3.8) is 0 Å². The van der Waals surface area contributed by atoms with Gasteiger partial charge >= 0.3 is 0 Å². The molecule has 0 saturated heterocycles. The number of amides is 1.